The summed E-state index contributed by atoms with van der Waals surface area (Å²) in [7, 11) is 0. The number of carboxylic acids is 1. The first-order chi connectivity index (χ1) is 17.0. The van der Waals surface area contributed by atoms with Gasteiger partial charge in [-0.3, -0.25) is 14.4 Å². The summed E-state index contributed by atoms with van der Waals surface area (Å²) in [5, 5.41) is 19.4. The minimum atomic E-state index is -1.19. The molecule has 6 atom stereocenters. The Morgan fingerprint density at radius 1 is 1.28 bits per heavy atom. The van der Waals surface area contributed by atoms with E-state index in [-0.39, 0.29) is 30.9 Å². The number of aliphatic carboxylic acids is 1. The maximum Gasteiger partial charge on any atom is 0.310 e. The number of amides is 2. The largest absolute Gasteiger partial charge is 0.481 e. The van der Waals surface area contributed by atoms with Crippen molar-refractivity contribution in [2.75, 3.05) is 24.6 Å². The summed E-state index contributed by atoms with van der Waals surface area (Å²) in [6, 6.07) is 4.96. The van der Waals surface area contributed by atoms with Crippen molar-refractivity contribution < 1.29 is 29.3 Å². The number of aryl methyl sites for hydroxylation is 2. The Morgan fingerprint density at radius 3 is 2.64 bits per heavy atom. The van der Waals surface area contributed by atoms with Crippen molar-refractivity contribution in [1.82, 2.24) is 4.90 Å². The summed E-state index contributed by atoms with van der Waals surface area (Å²) in [4.78, 5) is 44.1. The fraction of sp³-hybridized carbons (Fsp3) is 0.607. The number of aliphatic hydroxyl groups excluding tert-OH is 1. The zero-order valence-electron chi connectivity index (χ0n) is 21.7. The second kappa shape index (κ2) is 9.63. The number of aliphatic hydroxyl groups is 1. The monoisotopic (exact) mass is 498 g/mol. The summed E-state index contributed by atoms with van der Waals surface area (Å²) in [5.74, 6) is -3.70. The lowest BCUT2D eigenvalue weighted by Gasteiger charge is -2.37. The van der Waals surface area contributed by atoms with E-state index >= 15 is 0 Å². The SMILES string of the molecule is C=CCN(C(=O)C1N(CCCCCO)C(=O)[C@@H]2[C@H](C(=O)O)[C@@]3(C)OC12CC3C)c1cc(C)ccc1C. The van der Waals surface area contributed by atoms with Crippen molar-refractivity contribution in [3.8, 4) is 0 Å². The van der Waals surface area contributed by atoms with Crippen LogP contribution in [-0.4, -0.2) is 69.8 Å². The number of likely N-dealkylation sites (tertiary alicyclic amines) is 1. The van der Waals surface area contributed by atoms with Crippen LogP contribution in [0.3, 0.4) is 0 Å². The quantitative estimate of drug-likeness (QED) is 0.379. The van der Waals surface area contributed by atoms with Crippen molar-refractivity contribution >= 4 is 23.5 Å². The van der Waals surface area contributed by atoms with Gasteiger partial charge >= 0.3 is 5.97 Å². The van der Waals surface area contributed by atoms with Gasteiger partial charge in [0, 0.05) is 25.4 Å². The van der Waals surface area contributed by atoms with Crippen LogP contribution >= 0.6 is 0 Å². The fourth-order valence-electron chi connectivity index (χ4n) is 6.80. The van der Waals surface area contributed by atoms with Gasteiger partial charge in [-0.1, -0.05) is 25.1 Å². The van der Waals surface area contributed by atoms with Gasteiger partial charge < -0.3 is 24.7 Å². The van der Waals surface area contributed by atoms with Crippen LogP contribution in [-0.2, 0) is 19.1 Å². The average Bonchev–Trinajstić information content (AvgIpc) is 3.33. The zero-order valence-corrected chi connectivity index (χ0v) is 21.7. The highest BCUT2D eigenvalue weighted by molar-refractivity contribution is 6.05. The minimum absolute atomic E-state index is 0.0582. The molecule has 3 aliphatic heterocycles. The van der Waals surface area contributed by atoms with E-state index in [1.165, 1.54) is 0 Å². The van der Waals surface area contributed by atoms with Gasteiger partial charge in [0.2, 0.25) is 5.91 Å². The summed E-state index contributed by atoms with van der Waals surface area (Å²) < 4.78 is 6.58. The van der Waals surface area contributed by atoms with Crippen LogP contribution in [0, 0.1) is 31.6 Å². The van der Waals surface area contributed by atoms with E-state index in [1.807, 2.05) is 39.0 Å². The summed E-state index contributed by atoms with van der Waals surface area (Å²) in [6.45, 7) is 12.1. The van der Waals surface area contributed by atoms with Gasteiger partial charge in [-0.15, -0.1) is 6.58 Å². The van der Waals surface area contributed by atoms with Crippen molar-refractivity contribution in [2.24, 2.45) is 17.8 Å². The average molecular weight is 499 g/mol. The van der Waals surface area contributed by atoms with Crippen LogP contribution < -0.4 is 4.90 Å². The number of anilines is 1. The number of nitrogens with zero attached hydrogens (tertiary/aromatic N) is 2. The second-order valence-corrected chi connectivity index (χ2v) is 10.9. The van der Waals surface area contributed by atoms with Gasteiger partial charge in [-0.2, -0.15) is 0 Å². The van der Waals surface area contributed by atoms with Gasteiger partial charge in [0.25, 0.3) is 5.91 Å². The van der Waals surface area contributed by atoms with E-state index in [9.17, 15) is 24.6 Å². The van der Waals surface area contributed by atoms with E-state index < -0.39 is 35.0 Å². The molecule has 8 nitrogen and oxygen atoms in total. The number of carbonyl (C=O) groups is 3. The Balaban J connectivity index is 1.81. The molecule has 3 unspecified atom stereocenters. The zero-order chi connectivity index (χ0) is 26.4. The molecule has 196 valence electrons. The molecule has 0 aromatic heterocycles. The van der Waals surface area contributed by atoms with Crippen molar-refractivity contribution in [3.05, 3.63) is 42.0 Å². The number of fused-ring (bicyclic) bond motifs is 1. The molecule has 3 saturated heterocycles. The number of hydrogen-bond donors (Lipinski definition) is 2. The lowest BCUT2D eigenvalue weighted by atomic mass is 9.62. The molecule has 3 fully saturated rings. The summed E-state index contributed by atoms with van der Waals surface area (Å²) in [6.07, 6.45) is 4.01. The van der Waals surface area contributed by atoms with Gasteiger partial charge in [0.15, 0.2) is 0 Å². The number of carboxylic acid groups (broad SMARTS) is 1. The van der Waals surface area contributed by atoms with Crippen LogP contribution in [0.5, 0.6) is 0 Å². The number of carbonyl (C=O) groups excluding carboxylic acids is 2. The maximum absolute atomic E-state index is 14.5. The normalized spacial score (nSPS) is 32.6. The van der Waals surface area contributed by atoms with Crippen molar-refractivity contribution in [1.29, 1.82) is 0 Å². The third-order valence-corrected chi connectivity index (χ3v) is 8.60. The van der Waals surface area contributed by atoms with Crippen LogP contribution in [0.1, 0.15) is 50.7 Å². The molecule has 36 heavy (non-hydrogen) atoms. The topological polar surface area (TPSA) is 107 Å². The number of rotatable bonds is 10. The highest BCUT2D eigenvalue weighted by Crippen LogP contribution is 2.65. The Hall–Kier alpha value is -2.71. The van der Waals surface area contributed by atoms with E-state index in [4.69, 9.17) is 4.74 Å². The molecule has 1 spiro atoms. The number of unbranched alkanes of at least 4 members (excludes halogenated alkanes) is 2. The molecule has 8 heteroatoms. The Bertz CT molecular complexity index is 1070. The molecule has 1 aromatic rings. The third-order valence-electron chi connectivity index (χ3n) is 8.60. The molecule has 3 heterocycles. The Labute approximate surface area is 212 Å². The highest BCUT2D eigenvalue weighted by atomic mass is 16.5. The van der Waals surface area contributed by atoms with Crippen molar-refractivity contribution in [2.45, 2.75) is 70.6 Å². The molecular formula is C28H38N2O6. The second-order valence-electron chi connectivity index (χ2n) is 10.9. The lowest BCUT2D eigenvalue weighted by molar-refractivity contribution is -0.156. The van der Waals surface area contributed by atoms with Gasteiger partial charge in [0.1, 0.15) is 17.6 Å². The molecular weight excluding hydrogens is 460 g/mol. The molecule has 0 radical (unpaired) electrons. The predicted octanol–water partition coefficient (Wildman–Crippen LogP) is 3.08. The van der Waals surface area contributed by atoms with Crippen molar-refractivity contribution in [3.63, 3.8) is 0 Å². The van der Waals surface area contributed by atoms with Gasteiger partial charge in [0.05, 0.1) is 11.5 Å². The minimum Gasteiger partial charge on any atom is -0.481 e. The maximum atomic E-state index is 14.5. The molecule has 2 amide bonds. The van der Waals surface area contributed by atoms with E-state index in [0.717, 1.165) is 16.8 Å². The standard InChI is InChI=1S/C28H38N2O6/c1-6-12-29(20-15-17(2)10-11-18(20)3)25(33)23-28-16-19(4)27(5,36-28)22(26(34)35)21(28)24(32)30(23)13-8-7-9-14-31/h6,10-11,15,19,21-23,31H,1,7-9,12-14,16H2,2-5H3,(H,34,35)/t19?,21-,22+,23?,27-,28?/m0/s1. The Kier molecular flexibility index (Phi) is 7.05. The number of ether oxygens (including phenoxy) is 1. The van der Waals surface area contributed by atoms with E-state index in [1.54, 1.807) is 22.8 Å². The first-order valence-corrected chi connectivity index (χ1v) is 12.9. The Morgan fingerprint density at radius 2 is 2.00 bits per heavy atom. The molecule has 2 bridgehead atoms. The first-order valence-electron chi connectivity index (χ1n) is 12.9. The molecule has 0 aliphatic carbocycles. The summed E-state index contributed by atoms with van der Waals surface area (Å²) in [5.41, 5.74) is 0.454. The molecule has 3 aliphatic rings. The lowest BCUT2D eigenvalue weighted by Crippen LogP contribution is -2.57. The highest BCUT2D eigenvalue weighted by Gasteiger charge is 2.80. The predicted molar refractivity (Wildman–Crippen MR) is 136 cm³/mol. The van der Waals surface area contributed by atoms with Crippen LogP contribution in [0.2, 0.25) is 0 Å². The summed E-state index contributed by atoms with van der Waals surface area (Å²) >= 11 is 0. The van der Waals surface area contributed by atoms with Crippen LogP contribution in [0.25, 0.3) is 0 Å². The number of benzene rings is 1. The van der Waals surface area contributed by atoms with E-state index in [0.29, 0.717) is 32.2 Å². The molecule has 1 aromatic carbocycles. The van der Waals surface area contributed by atoms with Gasteiger partial charge in [-0.25, -0.2) is 0 Å². The molecule has 4 rings (SSSR count). The molecule has 0 saturated carbocycles. The van der Waals surface area contributed by atoms with E-state index in [2.05, 4.69) is 6.58 Å². The van der Waals surface area contributed by atoms with Crippen LogP contribution in [0.15, 0.2) is 30.9 Å². The fourth-order valence-corrected chi connectivity index (χ4v) is 6.80. The smallest absolute Gasteiger partial charge is 0.310 e. The van der Waals surface area contributed by atoms with Crippen LogP contribution in [0.4, 0.5) is 5.69 Å². The third kappa shape index (κ3) is 3.86. The molecule has 2 N–H and O–H groups in total. The first kappa shape index (κ1) is 26.4. The van der Waals surface area contributed by atoms with Gasteiger partial charge in [-0.05, 0) is 69.6 Å². The number of hydrogen-bond acceptors (Lipinski definition) is 5.